The van der Waals surface area contributed by atoms with Gasteiger partial charge >= 0.3 is 0 Å². The molecule has 4 nitrogen and oxygen atoms in total. The van der Waals surface area contributed by atoms with E-state index in [1.54, 1.807) is 20.3 Å². The molecule has 5 heteroatoms. The van der Waals surface area contributed by atoms with Crippen LogP contribution in [0.5, 0.6) is 17.2 Å². The Morgan fingerprint density at radius 2 is 1.32 bits per heavy atom. The number of hydrogen-bond acceptors (Lipinski definition) is 4. The van der Waals surface area contributed by atoms with Gasteiger partial charge in [-0.3, -0.25) is 0 Å². The summed E-state index contributed by atoms with van der Waals surface area (Å²) in [6, 6.07) is 29.1. The molecule has 0 saturated carbocycles. The van der Waals surface area contributed by atoms with Crippen LogP contribution in [0.4, 0.5) is 0 Å². The Balaban J connectivity index is 1.49. The third-order valence-corrected chi connectivity index (χ3v) is 12.7. The molecule has 0 aromatic heterocycles. The van der Waals surface area contributed by atoms with Crippen LogP contribution in [-0.2, 0) is 10.8 Å². The minimum Gasteiger partial charge on any atom is -0.508 e. The van der Waals surface area contributed by atoms with E-state index in [0.717, 1.165) is 47.1 Å². The number of aromatic hydroxyl groups is 1. The van der Waals surface area contributed by atoms with E-state index in [0.29, 0.717) is 6.61 Å². The molecule has 4 rings (SSSR count). The lowest BCUT2D eigenvalue weighted by molar-refractivity contribution is 0.338. The molecule has 0 heterocycles. The van der Waals surface area contributed by atoms with Crippen LogP contribution in [-0.4, -0.2) is 34.3 Å². The maximum absolute atomic E-state index is 10.8. The van der Waals surface area contributed by atoms with E-state index in [1.807, 2.05) is 18.2 Å². The fourth-order valence-electron chi connectivity index (χ4n) is 5.66. The first-order valence-corrected chi connectivity index (χ1v) is 15.9. The molecule has 0 radical (unpaired) electrons. The minimum atomic E-state index is -2.55. The van der Waals surface area contributed by atoms with E-state index >= 15 is 0 Å². The lowest BCUT2D eigenvalue weighted by Gasteiger charge is -2.42. The molecule has 40 heavy (non-hydrogen) atoms. The maximum atomic E-state index is 10.8. The van der Waals surface area contributed by atoms with Gasteiger partial charge in [0.05, 0.1) is 20.8 Å². The van der Waals surface area contributed by atoms with Gasteiger partial charge in [-0.1, -0.05) is 93.1 Å². The van der Waals surface area contributed by atoms with Crippen molar-refractivity contribution in [3.05, 3.63) is 102 Å². The van der Waals surface area contributed by atoms with Crippen molar-refractivity contribution in [2.45, 2.75) is 52.0 Å². The number of aryl methyl sites for hydroxylation is 1. The summed E-state index contributed by atoms with van der Waals surface area (Å²) in [7, 11) is 0.751. The van der Waals surface area contributed by atoms with Crippen LogP contribution >= 0.6 is 0 Å². The van der Waals surface area contributed by atoms with Crippen molar-refractivity contribution in [2.75, 3.05) is 20.8 Å². The molecule has 0 unspecified atom stereocenters. The van der Waals surface area contributed by atoms with Crippen molar-refractivity contribution in [1.82, 2.24) is 0 Å². The second-order valence-electron chi connectivity index (χ2n) is 11.4. The number of phenols is 1. The molecular weight excluding hydrogens is 512 g/mol. The van der Waals surface area contributed by atoms with Crippen LogP contribution in [0.15, 0.2) is 96.6 Å². The zero-order valence-corrected chi connectivity index (χ0v) is 25.7. The highest BCUT2D eigenvalue weighted by atomic mass is 28.4. The predicted octanol–water partition coefficient (Wildman–Crippen LogP) is 7.41. The van der Waals surface area contributed by atoms with E-state index in [9.17, 15) is 5.11 Å². The van der Waals surface area contributed by atoms with Crippen LogP contribution in [0.3, 0.4) is 0 Å². The van der Waals surface area contributed by atoms with Gasteiger partial charge in [0.15, 0.2) is 0 Å². The lowest BCUT2D eigenvalue weighted by atomic mass is 9.99. The molecule has 0 spiro atoms. The quantitative estimate of drug-likeness (QED) is 0.155. The van der Waals surface area contributed by atoms with Gasteiger partial charge in [0.1, 0.15) is 17.2 Å². The monoisotopic (exact) mass is 554 g/mol. The van der Waals surface area contributed by atoms with Crippen molar-refractivity contribution in [3.63, 3.8) is 0 Å². The van der Waals surface area contributed by atoms with E-state index in [1.165, 1.54) is 15.9 Å². The molecule has 0 aliphatic heterocycles. The Labute approximate surface area is 240 Å². The molecule has 210 valence electrons. The maximum Gasteiger partial charge on any atom is 0.261 e. The molecule has 0 bridgehead atoms. The van der Waals surface area contributed by atoms with Crippen molar-refractivity contribution in [1.29, 1.82) is 0 Å². The van der Waals surface area contributed by atoms with Gasteiger partial charge < -0.3 is 19.0 Å². The Morgan fingerprint density at radius 1 is 0.800 bits per heavy atom. The molecule has 0 aliphatic rings. The second kappa shape index (κ2) is 12.8. The summed E-state index contributed by atoms with van der Waals surface area (Å²) < 4.78 is 18.1. The van der Waals surface area contributed by atoms with Gasteiger partial charge in [-0.05, 0) is 71.4 Å². The summed E-state index contributed by atoms with van der Waals surface area (Å²) in [5.74, 6) is 1.78. The van der Waals surface area contributed by atoms with E-state index in [4.69, 9.17) is 13.9 Å². The second-order valence-corrected chi connectivity index (χ2v) is 15.7. The van der Waals surface area contributed by atoms with E-state index < -0.39 is 8.32 Å². The molecule has 0 saturated heterocycles. The van der Waals surface area contributed by atoms with Crippen molar-refractivity contribution >= 4 is 29.5 Å². The van der Waals surface area contributed by atoms with E-state index in [-0.39, 0.29) is 10.8 Å². The van der Waals surface area contributed by atoms with Gasteiger partial charge in [-0.25, -0.2) is 0 Å². The van der Waals surface area contributed by atoms with Gasteiger partial charge in [0.2, 0.25) is 0 Å². The highest BCUT2D eigenvalue weighted by Gasteiger charge is 2.49. The van der Waals surface area contributed by atoms with Crippen molar-refractivity contribution in [2.24, 2.45) is 0 Å². The smallest absolute Gasteiger partial charge is 0.261 e. The zero-order valence-electron chi connectivity index (χ0n) is 24.7. The normalized spacial score (nSPS) is 12.5. The molecule has 0 aliphatic carbocycles. The molecule has 0 fully saturated rings. The molecule has 4 aromatic carbocycles. The lowest BCUT2D eigenvalue weighted by Crippen LogP contribution is -2.66. The number of phenolic OH excluding ortho intramolecular Hbond substituents is 1. The van der Waals surface area contributed by atoms with E-state index in [2.05, 4.69) is 94.4 Å². The molecular formula is C35H42O4Si. The average molecular weight is 555 g/mol. The van der Waals surface area contributed by atoms with Crippen molar-refractivity contribution in [3.8, 4) is 17.2 Å². The summed E-state index contributed by atoms with van der Waals surface area (Å²) in [6.45, 7) is 9.64. The number of hydrogen-bond donors (Lipinski definition) is 1. The first kappa shape index (κ1) is 29.4. The Bertz CT molecular complexity index is 1400. The summed E-state index contributed by atoms with van der Waals surface area (Å²) in [4.78, 5) is 0. The SMILES string of the molecule is COc1ccc(OC)c2cc(CCC/C(C)=C\CO[Si](c3ccccc3)(c3ccccc3)C(C)(C)C)c(O)cc12. The van der Waals surface area contributed by atoms with Gasteiger partial charge in [0, 0.05) is 10.8 Å². The average Bonchev–Trinajstić information content (AvgIpc) is 2.95. The Morgan fingerprint density at radius 3 is 1.82 bits per heavy atom. The summed E-state index contributed by atoms with van der Waals surface area (Å²) in [5.41, 5.74) is 2.20. The van der Waals surface area contributed by atoms with Gasteiger partial charge in [-0.15, -0.1) is 0 Å². The largest absolute Gasteiger partial charge is 0.508 e. The number of methoxy groups -OCH3 is 2. The standard InChI is InChI=1S/C35H42O4Si/c1-26(14-13-15-27-24-30-31(25-32(27)36)34(38-6)21-20-33(30)37-5)22-23-39-40(35(2,3)4,28-16-9-7-10-17-28)29-18-11-8-12-19-29/h7-12,16-22,24-25,36H,13-15,23H2,1-6H3/b26-22-. The first-order chi connectivity index (χ1) is 19.2. The molecule has 4 aromatic rings. The topological polar surface area (TPSA) is 47.9 Å². The molecule has 0 amide bonds. The third-order valence-electron chi connectivity index (χ3n) is 7.74. The fraction of sp³-hybridized carbons (Fsp3) is 0.314. The number of ether oxygens (including phenoxy) is 2. The van der Waals surface area contributed by atoms with Crippen LogP contribution in [0.25, 0.3) is 10.8 Å². The Kier molecular flexibility index (Phi) is 9.39. The molecule has 1 N–H and O–H groups in total. The molecule has 0 atom stereocenters. The van der Waals surface area contributed by atoms with Crippen LogP contribution < -0.4 is 19.8 Å². The number of fused-ring (bicyclic) bond motifs is 1. The Hall–Kier alpha value is -3.54. The van der Waals surface area contributed by atoms with Crippen LogP contribution in [0.1, 0.15) is 46.1 Å². The third kappa shape index (κ3) is 6.11. The van der Waals surface area contributed by atoms with Crippen LogP contribution in [0, 0.1) is 0 Å². The van der Waals surface area contributed by atoms with Crippen LogP contribution in [0.2, 0.25) is 5.04 Å². The van der Waals surface area contributed by atoms with Crippen molar-refractivity contribution < 1.29 is 19.0 Å². The minimum absolute atomic E-state index is 0.0468. The fourth-order valence-corrected chi connectivity index (χ4v) is 10.1. The highest BCUT2D eigenvalue weighted by molar-refractivity contribution is 6.99. The van der Waals surface area contributed by atoms with Gasteiger partial charge in [-0.2, -0.15) is 0 Å². The summed E-state index contributed by atoms with van der Waals surface area (Å²) >= 11 is 0. The highest BCUT2D eigenvalue weighted by Crippen LogP contribution is 2.38. The zero-order chi connectivity index (χ0) is 28.8. The number of allylic oxidation sites excluding steroid dienone is 1. The number of rotatable bonds is 11. The number of benzene rings is 4. The predicted molar refractivity (Wildman–Crippen MR) is 169 cm³/mol. The summed E-state index contributed by atoms with van der Waals surface area (Å²) in [5, 5.41) is 15.1. The first-order valence-electron chi connectivity index (χ1n) is 14.0. The van der Waals surface area contributed by atoms with Gasteiger partial charge in [0.25, 0.3) is 8.32 Å². The summed E-state index contributed by atoms with van der Waals surface area (Å²) in [6.07, 6.45) is 4.85.